The molecule has 0 bridgehead atoms. The molecular formula is C46H40BF6IO10. The molecule has 0 spiro atoms. The van der Waals surface area contributed by atoms with E-state index in [9.17, 15) is 35.9 Å². The standard InChI is InChI=1S/C22H17F3O4.C17H17IO3.C7H6BF3O3/c23-22(24,25)29-20-7-2-1-6-19(20)17-8-10-18(11-9-17)28-14-16-5-3-4-15(12-16)13-21(26)27;1-2-20-17(19)11-13-4-3-5-14(10-13)12-21-16-8-6-15(18)7-9-16;9-7(10,11)14-6-4-2-1-3-5(6)8(12)13/h1-12H,13-14H2,(H,26,27);3-10H,2,11-12H2,1H3;1-4,12-13H. The molecule has 0 saturated carbocycles. The molecule has 0 saturated heterocycles. The number of alkyl halides is 6. The Morgan fingerprint density at radius 3 is 1.58 bits per heavy atom. The number of hydrogen-bond acceptors (Lipinski definition) is 9. The van der Waals surface area contributed by atoms with Crippen LogP contribution in [-0.2, 0) is 40.4 Å². The first-order valence-electron chi connectivity index (χ1n) is 19.1. The normalized spacial score (nSPS) is 10.8. The van der Waals surface area contributed by atoms with E-state index in [0.29, 0.717) is 42.1 Å². The van der Waals surface area contributed by atoms with Crippen molar-refractivity contribution in [3.63, 3.8) is 0 Å². The highest BCUT2D eigenvalue weighted by Gasteiger charge is 2.33. The molecule has 0 aromatic heterocycles. The highest BCUT2D eigenvalue weighted by molar-refractivity contribution is 14.1. The van der Waals surface area contributed by atoms with Gasteiger partial charge >= 0.3 is 31.8 Å². The van der Waals surface area contributed by atoms with Gasteiger partial charge in [-0.15, -0.1) is 26.3 Å². The van der Waals surface area contributed by atoms with E-state index >= 15 is 0 Å². The number of benzene rings is 6. The molecule has 10 nitrogen and oxygen atoms in total. The molecule has 336 valence electrons. The van der Waals surface area contributed by atoms with Gasteiger partial charge in [-0.05, 0) is 106 Å². The number of aliphatic carboxylic acids is 1. The van der Waals surface area contributed by atoms with Gasteiger partial charge in [0.2, 0.25) is 0 Å². The summed E-state index contributed by atoms with van der Waals surface area (Å²) in [5, 5.41) is 26.3. The van der Waals surface area contributed by atoms with E-state index < -0.39 is 31.6 Å². The highest BCUT2D eigenvalue weighted by Crippen LogP contribution is 2.34. The second-order valence-corrected chi connectivity index (χ2v) is 14.5. The highest BCUT2D eigenvalue weighted by atomic mass is 127. The van der Waals surface area contributed by atoms with E-state index in [1.807, 2.05) is 61.5 Å². The van der Waals surface area contributed by atoms with Crippen LogP contribution in [0.4, 0.5) is 26.3 Å². The summed E-state index contributed by atoms with van der Waals surface area (Å²) in [5.74, 6) is -0.627. The number of para-hydroxylation sites is 2. The molecule has 64 heavy (non-hydrogen) atoms. The third-order valence-corrected chi connectivity index (χ3v) is 9.04. The van der Waals surface area contributed by atoms with Crippen LogP contribution in [-0.4, -0.2) is 53.5 Å². The van der Waals surface area contributed by atoms with Gasteiger partial charge in [0.1, 0.15) is 36.2 Å². The maximum Gasteiger partial charge on any atom is 0.573 e. The largest absolute Gasteiger partial charge is 0.573 e. The number of ether oxygens (including phenoxy) is 5. The van der Waals surface area contributed by atoms with Crippen molar-refractivity contribution in [2.75, 3.05) is 6.61 Å². The lowest BCUT2D eigenvalue weighted by Crippen LogP contribution is -2.33. The van der Waals surface area contributed by atoms with Crippen molar-refractivity contribution in [3.05, 3.63) is 171 Å². The van der Waals surface area contributed by atoms with Crippen LogP contribution in [0, 0.1) is 3.57 Å². The quantitative estimate of drug-likeness (QED) is 0.0394. The van der Waals surface area contributed by atoms with Gasteiger partial charge in [-0.1, -0.05) is 97.1 Å². The minimum absolute atomic E-state index is 0.0675. The molecule has 0 radical (unpaired) electrons. The number of rotatable bonds is 15. The molecule has 0 aliphatic heterocycles. The number of carboxylic acid groups (broad SMARTS) is 1. The Bertz CT molecular complexity index is 2400. The second-order valence-electron chi connectivity index (χ2n) is 13.3. The Hall–Kier alpha value is -6.25. The summed E-state index contributed by atoms with van der Waals surface area (Å²) >= 11 is 2.26. The zero-order valence-corrected chi connectivity index (χ0v) is 36.0. The van der Waals surface area contributed by atoms with Gasteiger partial charge in [0, 0.05) is 14.6 Å². The topological polar surface area (TPSA) is 141 Å². The average Bonchev–Trinajstić information content (AvgIpc) is 3.23. The van der Waals surface area contributed by atoms with E-state index in [0.717, 1.165) is 34.6 Å². The molecular weight excluding hydrogens is 964 g/mol. The van der Waals surface area contributed by atoms with Crippen molar-refractivity contribution in [1.29, 1.82) is 0 Å². The van der Waals surface area contributed by atoms with Gasteiger partial charge in [0.05, 0.1) is 19.4 Å². The third kappa shape index (κ3) is 18.6. The predicted molar refractivity (Wildman–Crippen MR) is 234 cm³/mol. The SMILES string of the molecule is CCOC(=O)Cc1cccc(COc2ccc(I)cc2)c1.O=C(O)Cc1cccc(COc2ccc(-c3ccccc3OC(F)(F)F)cc2)c1.OB(O)c1ccccc1OC(F)(F)F. The molecule has 0 aliphatic rings. The van der Waals surface area contributed by atoms with Crippen LogP contribution in [0.15, 0.2) is 146 Å². The maximum atomic E-state index is 12.6. The van der Waals surface area contributed by atoms with E-state index in [1.165, 1.54) is 27.8 Å². The van der Waals surface area contributed by atoms with Crippen LogP contribution in [0.1, 0.15) is 29.2 Å². The minimum Gasteiger partial charge on any atom is -0.489 e. The van der Waals surface area contributed by atoms with Gasteiger partial charge in [0.15, 0.2) is 0 Å². The van der Waals surface area contributed by atoms with Crippen LogP contribution < -0.4 is 24.4 Å². The van der Waals surface area contributed by atoms with Crippen molar-refractivity contribution in [2.45, 2.75) is 45.7 Å². The molecule has 6 aromatic rings. The summed E-state index contributed by atoms with van der Waals surface area (Å²) in [7, 11) is -1.99. The molecule has 6 aromatic carbocycles. The minimum atomic E-state index is -4.84. The average molecular weight is 1000 g/mol. The first kappa shape index (κ1) is 50.4. The number of carbonyl (C=O) groups excluding carboxylic acids is 1. The second kappa shape index (κ2) is 24.6. The van der Waals surface area contributed by atoms with Crippen molar-refractivity contribution < 1.29 is 74.8 Å². The van der Waals surface area contributed by atoms with Gasteiger partial charge in [-0.2, -0.15) is 0 Å². The van der Waals surface area contributed by atoms with E-state index in [2.05, 4.69) is 32.1 Å². The molecule has 0 unspecified atom stereocenters. The molecule has 0 fully saturated rings. The molecule has 0 heterocycles. The van der Waals surface area contributed by atoms with Gasteiger partial charge in [-0.3, -0.25) is 9.59 Å². The number of esters is 1. The van der Waals surface area contributed by atoms with E-state index in [1.54, 1.807) is 54.6 Å². The van der Waals surface area contributed by atoms with Crippen molar-refractivity contribution in [1.82, 2.24) is 0 Å². The van der Waals surface area contributed by atoms with Crippen molar-refractivity contribution in [2.24, 2.45) is 0 Å². The monoisotopic (exact) mass is 1000 g/mol. The summed E-state index contributed by atoms with van der Waals surface area (Å²) in [6.07, 6.45) is -9.38. The fourth-order valence-electron chi connectivity index (χ4n) is 5.64. The summed E-state index contributed by atoms with van der Waals surface area (Å²) < 4.78 is 98.4. The van der Waals surface area contributed by atoms with Crippen LogP contribution in [0.25, 0.3) is 11.1 Å². The number of hydrogen-bond donors (Lipinski definition) is 3. The Kier molecular flexibility index (Phi) is 19.3. The Morgan fingerprint density at radius 1 is 0.594 bits per heavy atom. The van der Waals surface area contributed by atoms with E-state index in [4.69, 9.17) is 29.4 Å². The van der Waals surface area contributed by atoms with Crippen LogP contribution in [0.5, 0.6) is 23.0 Å². The summed E-state index contributed by atoms with van der Waals surface area (Å²) in [6.45, 7) is 2.94. The zero-order chi connectivity index (χ0) is 46.7. The lowest BCUT2D eigenvalue weighted by molar-refractivity contribution is -0.275. The lowest BCUT2D eigenvalue weighted by Gasteiger charge is -2.14. The summed E-state index contributed by atoms with van der Waals surface area (Å²) in [6, 6.07) is 40.1. The fourth-order valence-corrected chi connectivity index (χ4v) is 6.00. The first-order valence-corrected chi connectivity index (χ1v) is 20.2. The number of carboxylic acids is 1. The Morgan fingerprint density at radius 2 is 1.06 bits per heavy atom. The predicted octanol–water partition coefficient (Wildman–Crippen LogP) is 9.70. The van der Waals surface area contributed by atoms with Crippen LogP contribution in [0.3, 0.4) is 0 Å². The molecule has 0 atom stereocenters. The maximum absolute atomic E-state index is 12.6. The number of halogens is 7. The first-order chi connectivity index (χ1) is 30.4. The fraction of sp³-hybridized carbons (Fsp3) is 0.174. The van der Waals surface area contributed by atoms with Gasteiger partial charge in [0.25, 0.3) is 0 Å². The number of carbonyl (C=O) groups is 2. The molecule has 18 heteroatoms. The van der Waals surface area contributed by atoms with E-state index in [-0.39, 0.29) is 30.2 Å². The van der Waals surface area contributed by atoms with Crippen LogP contribution in [0.2, 0.25) is 0 Å². The molecule has 3 N–H and O–H groups in total. The van der Waals surface area contributed by atoms with Crippen molar-refractivity contribution >= 4 is 47.1 Å². The molecule has 0 amide bonds. The van der Waals surface area contributed by atoms with Crippen molar-refractivity contribution in [3.8, 4) is 34.1 Å². The summed E-state index contributed by atoms with van der Waals surface area (Å²) in [5.41, 5.74) is 4.02. The smallest absolute Gasteiger partial charge is 0.489 e. The van der Waals surface area contributed by atoms with Crippen LogP contribution >= 0.6 is 22.6 Å². The Labute approximate surface area is 378 Å². The molecule has 6 rings (SSSR count). The zero-order valence-electron chi connectivity index (χ0n) is 33.8. The summed E-state index contributed by atoms with van der Waals surface area (Å²) in [4.78, 5) is 22.3. The third-order valence-electron chi connectivity index (χ3n) is 8.32. The Balaban J connectivity index is 0.000000225. The molecule has 0 aliphatic carbocycles. The lowest BCUT2D eigenvalue weighted by atomic mass is 9.80. The van der Waals surface area contributed by atoms with Gasteiger partial charge in [-0.25, -0.2) is 0 Å². The van der Waals surface area contributed by atoms with Gasteiger partial charge < -0.3 is 38.8 Å².